The summed E-state index contributed by atoms with van der Waals surface area (Å²) in [6.07, 6.45) is -4.05. The highest BCUT2D eigenvalue weighted by molar-refractivity contribution is 7.82. The lowest BCUT2D eigenvalue weighted by Gasteiger charge is -2.03. The molecule has 13 heavy (non-hydrogen) atoms. The third-order valence-electron chi connectivity index (χ3n) is 1.20. The van der Waals surface area contributed by atoms with Gasteiger partial charge in [0.15, 0.2) is 0 Å². The monoisotopic (exact) mass is 212 g/mol. The summed E-state index contributed by atoms with van der Waals surface area (Å²) in [6.45, 7) is 0. The Morgan fingerprint density at radius 2 is 1.31 bits per heavy atom. The minimum Gasteiger partial charge on any atom is -0.479 e. The van der Waals surface area contributed by atoms with E-state index in [2.05, 4.69) is 8.37 Å². The van der Waals surface area contributed by atoms with Crippen LogP contribution in [0.1, 0.15) is 0 Å². The fourth-order valence-electron chi connectivity index (χ4n) is 0.719. The molecule has 1 aliphatic heterocycles. The molecule has 0 aliphatic carbocycles. The van der Waals surface area contributed by atoms with E-state index in [9.17, 15) is 18.0 Å². The van der Waals surface area contributed by atoms with Gasteiger partial charge in [-0.05, 0) is 0 Å². The molecule has 1 fully saturated rings. The largest absolute Gasteiger partial charge is 0.479 e. The van der Waals surface area contributed by atoms with Crippen molar-refractivity contribution in [3.63, 3.8) is 0 Å². The first-order valence-corrected chi connectivity index (χ1v) is 4.24. The van der Waals surface area contributed by atoms with Crippen LogP contribution in [0, 0.1) is 0 Å². The molecule has 8 nitrogen and oxygen atoms in total. The zero-order valence-electron chi connectivity index (χ0n) is 5.91. The molecule has 9 heteroatoms. The predicted molar refractivity (Wildman–Crippen MR) is 33.9 cm³/mol. The third kappa shape index (κ3) is 1.94. The Morgan fingerprint density at radius 3 is 1.54 bits per heavy atom. The summed E-state index contributed by atoms with van der Waals surface area (Å²) in [4.78, 5) is 20.5. The molecule has 2 atom stereocenters. The van der Waals surface area contributed by atoms with Crippen LogP contribution in [-0.2, 0) is 28.4 Å². The van der Waals surface area contributed by atoms with Crippen molar-refractivity contribution >= 4 is 22.3 Å². The van der Waals surface area contributed by atoms with E-state index in [-0.39, 0.29) is 0 Å². The minimum atomic E-state index is -4.50. The Balaban J connectivity index is 2.97. The fraction of sp³-hybridized carbons (Fsp3) is 0.500. The Hall–Kier alpha value is -1.19. The Bertz CT molecular complexity index is 313. The zero-order valence-corrected chi connectivity index (χ0v) is 6.72. The molecule has 0 aromatic carbocycles. The topological polar surface area (TPSA) is 127 Å². The van der Waals surface area contributed by atoms with E-state index in [1.807, 2.05) is 0 Å². The quantitative estimate of drug-likeness (QED) is 0.547. The number of carboxylic acids is 2. The molecule has 1 heterocycles. The summed E-state index contributed by atoms with van der Waals surface area (Å²) in [5.74, 6) is -3.43. The Morgan fingerprint density at radius 1 is 1.00 bits per heavy atom. The lowest BCUT2D eigenvalue weighted by Crippen LogP contribution is -2.36. The van der Waals surface area contributed by atoms with Gasteiger partial charge in [-0.3, -0.25) is 0 Å². The Kier molecular flexibility index (Phi) is 2.24. The van der Waals surface area contributed by atoms with Crippen molar-refractivity contribution in [2.75, 3.05) is 0 Å². The first-order chi connectivity index (χ1) is 5.83. The number of aliphatic carboxylic acids is 2. The average Bonchev–Trinajstić information content (AvgIpc) is 2.26. The van der Waals surface area contributed by atoms with Gasteiger partial charge in [-0.25, -0.2) is 18.0 Å². The lowest BCUT2D eigenvalue weighted by atomic mass is 10.2. The molecule has 0 unspecified atom stereocenters. The van der Waals surface area contributed by atoms with Crippen LogP contribution < -0.4 is 0 Å². The van der Waals surface area contributed by atoms with E-state index in [1.165, 1.54) is 0 Å². The summed E-state index contributed by atoms with van der Waals surface area (Å²) in [6, 6.07) is 0. The molecule has 1 saturated heterocycles. The van der Waals surface area contributed by atoms with Crippen molar-refractivity contribution in [2.24, 2.45) is 0 Å². The van der Waals surface area contributed by atoms with Gasteiger partial charge in [-0.1, -0.05) is 0 Å². The van der Waals surface area contributed by atoms with Gasteiger partial charge in [0.25, 0.3) is 0 Å². The van der Waals surface area contributed by atoms with Gasteiger partial charge >= 0.3 is 22.3 Å². The maximum absolute atomic E-state index is 10.5. The zero-order chi connectivity index (χ0) is 10.2. The van der Waals surface area contributed by atoms with Gasteiger partial charge in [-0.2, -0.15) is 8.42 Å². The van der Waals surface area contributed by atoms with Crippen LogP contribution >= 0.6 is 0 Å². The van der Waals surface area contributed by atoms with Gasteiger partial charge in [0.05, 0.1) is 0 Å². The van der Waals surface area contributed by atoms with Crippen molar-refractivity contribution in [2.45, 2.75) is 12.2 Å². The second-order valence-electron chi connectivity index (χ2n) is 2.12. The minimum absolute atomic E-state index is 1.71. The van der Waals surface area contributed by atoms with Crippen LogP contribution in [0.5, 0.6) is 0 Å². The number of carboxylic acid groups (broad SMARTS) is 2. The van der Waals surface area contributed by atoms with Crippen molar-refractivity contribution in [1.29, 1.82) is 0 Å². The van der Waals surface area contributed by atoms with Crippen molar-refractivity contribution in [3.8, 4) is 0 Å². The first-order valence-electron chi connectivity index (χ1n) is 2.90. The van der Waals surface area contributed by atoms with E-state index in [1.54, 1.807) is 0 Å². The maximum atomic E-state index is 10.5. The summed E-state index contributed by atoms with van der Waals surface area (Å²) in [7, 11) is -4.50. The molecule has 74 valence electrons. The second kappa shape index (κ2) is 2.94. The van der Waals surface area contributed by atoms with Crippen LogP contribution in [0.3, 0.4) is 0 Å². The van der Waals surface area contributed by atoms with E-state index < -0.39 is 34.5 Å². The average molecular weight is 212 g/mol. The third-order valence-corrected chi connectivity index (χ3v) is 2.09. The molecule has 0 radical (unpaired) electrons. The summed E-state index contributed by atoms with van der Waals surface area (Å²) in [5, 5.41) is 16.7. The van der Waals surface area contributed by atoms with Crippen LogP contribution in [0.25, 0.3) is 0 Å². The summed E-state index contributed by atoms with van der Waals surface area (Å²) >= 11 is 0. The van der Waals surface area contributed by atoms with Crippen LogP contribution in [-0.4, -0.2) is 42.8 Å². The van der Waals surface area contributed by atoms with E-state index in [0.29, 0.717) is 0 Å². The predicted octanol–water partition coefficient (Wildman–Crippen LogP) is -1.82. The molecular weight excluding hydrogens is 208 g/mol. The number of hydrogen-bond acceptors (Lipinski definition) is 6. The summed E-state index contributed by atoms with van der Waals surface area (Å²) < 4.78 is 28.7. The first kappa shape index (κ1) is 9.89. The molecule has 0 amide bonds. The standard InChI is InChI=1S/C4H4O8S/c5-3(6)1-2(4(7)8)12-13(9,10)11-1/h1-2H,(H,5,6)(H,7,8)/t1-,2-/m0/s1. The van der Waals surface area contributed by atoms with Crippen LogP contribution in [0.2, 0.25) is 0 Å². The maximum Gasteiger partial charge on any atom is 0.401 e. The molecule has 1 rings (SSSR count). The molecule has 0 aromatic rings. The molecule has 0 aromatic heterocycles. The molecule has 0 bridgehead atoms. The smallest absolute Gasteiger partial charge is 0.401 e. The molecule has 1 aliphatic rings. The SMILES string of the molecule is O=C(O)[C@H]1OS(=O)(=O)O[C@@H]1C(=O)O. The van der Waals surface area contributed by atoms with Crippen molar-refractivity contribution in [3.05, 3.63) is 0 Å². The molecule has 2 N–H and O–H groups in total. The summed E-state index contributed by atoms with van der Waals surface area (Å²) in [5.41, 5.74) is 0. The highest BCUT2D eigenvalue weighted by Crippen LogP contribution is 2.20. The van der Waals surface area contributed by atoms with Gasteiger partial charge < -0.3 is 10.2 Å². The number of hydrogen-bond donors (Lipinski definition) is 2. The van der Waals surface area contributed by atoms with Gasteiger partial charge in [0.2, 0.25) is 12.2 Å². The van der Waals surface area contributed by atoms with Crippen LogP contribution in [0.4, 0.5) is 0 Å². The van der Waals surface area contributed by atoms with E-state index in [4.69, 9.17) is 10.2 Å². The van der Waals surface area contributed by atoms with Gasteiger partial charge in [0, 0.05) is 0 Å². The molecular formula is C4H4O8S. The van der Waals surface area contributed by atoms with Gasteiger partial charge in [-0.15, -0.1) is 0 Å². The van der Waals surface area contributed by atoms with E-state index >= 15 is 0 Å². The van der Waals surface area contributed by atoms with Crippen LogP contribution in [0.15, 0.2) is 0 Å². The normalized spacial score (nSPS) is 31.4. The Labute approximate surface area is 72.0 Å². The van der Waals surface area contributed by atoms with Crippen molar-refractivity contribution in [1.82, 2.24) is 0 Å². The van der Waals surface area contributed by atoms with Crippen molar-refractivity contribution < 1.29 is 36.6 Å². The second-order valence-corrected chi connectivity index (χ2v) is 3.32. The molecule has 0 saturated carbocycles. The number of rotatable bonds is 2. The fourth-order valence-corrected chi connectivity index (χ4v) is 1.64. The lowest BCUT2D eigenvalue weighted by molar-refractivity contribution is -0.156. The van der Waals surface area contributed by atoms with E-state index in [0.717, 1.165) is 0 Å². The highest BCUT2D eigenvalue weighted by Gasteiger charge is 2.49. The number of carbonyl (C=O) groups is 2. The highest BCUT2D eigenvalue weighted by atomic mass is 32.3. The van der Waals surface area contributed by atoms with Gasteiger partial charge in [0.1, 0.15) is 0 Å². The molecule has 0 spiro atoms.